The second-order valence-corrected chi connectivity index (χ2v) is 6.80. The summed E-state index contributed by atoms with van der Waals surface area (Å²) >= 11 is 3.47. The molecule has 0 bridgehead atoms. The van der Waals surface area contributed by atoms with Crippen molar-refractivity contribution in [2.24, 2.45) is 0 Å². The molecule has 1 atom stereocenters. The Kier molecular flexibility index (Phi) is 7.74. The van der Waals surface area contributed by atoms with Gasteiger partial charge in [-0.2, -0.15) is 0 Å². The predicted octanol–water partition coefficient (Wildman–Crippen LogP) is 3.93. The first-order valence-electron chi connectivity index (χ1n) is 7.03. The Balaban J connectivity index is 2.60. The molecule has 0 spiro atoms. The van der Waals surface area contributed by atoms with E-state index in [0.29, 0.717) is 6.61 Å². The van der Waals surface area contributed by atoms with E-state index in [0.717, 1.165) is 24.0 Å². The van der Waals surface area contributed by atoms with Gasteiger partial charge < -0.3 is 14.8 Å². The number of ether oxygens (including phenoxy) is 2. The van der Waals surface area contributed by atoms with Crippen molar-refractivity contribution in [3.05, 3.63) is 34.3 Å². The first-order valence-corrected chi connectivity index (χ1v) is 7.83. The van der Waals surface area contributed by atoms with Crippen LogP contribution in [0.25, 0.3) is 0 Å². The molecule has 1 rings (SSSR count). The first-order chi connectivity index (χ1) is 9.42. The zero-order chi connectivity index (χ0) is 15.0. The summed E-state index contributed by atoms with van der Waals surface area (Å²) in [4.78, 5) is 0. The average Bonchev–Trinajstić information content (AvgIpc) is 2.38. The molecule has 1 aromatic carbocycles. The smallest absolute Gasteiger partial charge is 0.0949 e. The number of hydrogen-bond acceptors (Lipinski definition) is 3. The van der Waals surface area contributed by atoms with Crippen LogP contribution in [0.4, 0.5) is 0 Å². The summed E-state index contributed by atoms with van der Waals surface area (Å²) in [5, 5.41) is 3.51. The molecule has 3 nitrogen and oxygen atoms in total. The van der Waals surface area contributed by atoms with Gasteiger partial charge in [0.1, 0.15) is 0 Å². The summed E-state index contributed by atoms with van der Waals surface area (Å²) in [6.45, 7) is 8.74. The number of hydrogen-bond donors (Lipinski definition) is 1. The zero-order valence-corrected chi connectivity index (χ0v) is 14.5. The zero-order valence-electron chi connectivity index (χ0n) is 12.9. The van der Waals surface area contributed by atoms with Crippen LogP contribution in [0.15, 0.2) is 28.7 Å². The van der Waals surface area contributed by atoms with E-state index in [4.69, 9.17) is 9.47 Å². The van der Waals surface area contributed by atoms with Crippen molar-refractivity contribution >= 4 is 15.9 Å². The van der Waals surface area contributed by atoms with Gasteiger partial charge in [-0.25, -0.2) is 0 Å². The van der Waals surface area contributed by atoms with Crippen LogP contribution in [0.3, 0.4) is 0 Å². The molecule has 0 radical (unpaired) electrons. The quantitative estimate of drug-likeness (QED) is 0.725. The van der Waals surface area contributed by atoms with E-state index in [1.54, 1.807) is 7.11 Å². The Morgan fingerprint density at radius 1 is 1.15 bits per heavy atom. The van der Waals surface area contributed by atoms with Gasteiger partial charge in [0, 0.05) is 36.9 Å². The number of nitrogens with one attached hydrogen (secondary N) is 1. The summed E-state index contributed by atoms with van der Waals surface area (Å²) in [5.41, 5.74) is 1.28. The molecule has 1 aromatic rings. The molecule has 1 unspecified atom stereocenters. The van der Waals surface area contributed by atoms with Crippen LogP contribution in [-0.4, -0.2) is 32.4 Å². The fraction of sp³-hybridized carbons (Fsp3) is 0.625. The maximum atomic E-state index is 6.01. The van der Waals surface area contributed by atoms with E-state index < -0.39 is 0 Å². The second kappa shape index (κ2) is 8.78. The highest BCUT2D eigenvalue weighted by Gasteiger charge is 2.16. The van der Waals surface area contributed by atoms with Crippen LogP contribution in [0.1, 0.15) is 38.9 Å². The summed E-state index contributed by atoms with van der Waals surface area (Å²) < 4.78 is 12.2. The maximum absolute atomic E-state index is 6.01. The maximum Gasteiger partial charge on any atom is 0.0949 e. The minimum absolute atomic E-state index is 0.0687. The molecule has 0 aliphatic carbocycles. The van der Waals surface area contributed by atoms with Gasteiger partial charge in [0.2, 0.25) is 0 Å². The van der Waals surface area contributed by atoms with Crippen molar-refractivity contribution in [3.8, 4) is 0 Å². The fourth-order valence-electron chi connectivity index (χ4n) is 1.78. The van der Waals surface area contributed by atoms with E-state index in [9.17, 15) is 0 Å². The van der Waals surface area contributed by atoms with Crippen LogP contribution >= 0.6 is 15.9 Å². The number of benzene rings is 1. The van der Waals surface area contributed by atoms with E-state index in [1.165, 1.54) is 5.56 Å². The van der Waals surface area contributed by atoms with Gasteiger partial charge in [-0.1, -0.05) is 28.1 Å². The summed E-state index contributed by atoms with van der Waals surface area (Å²) in [5.74, 6) is 0. The van der Waals surface area contributed by atoms with Crippen molar-refractivity contribution in [3.63, 3.8) is 0 Å². The molecular weight excluding hydrogens is 318 g/mol. The van der Waals surface area contributed by atoms with Gasteiger partial charge in [-0.05, 0) is 44.9 Å². The molecule has 0 aliphatic heterocycles. The molecule has 1 N–H and O–H groups in total. The molecule has 0 fully saturated rings. The van der Waals surface area contributed by atoms with Gasteiger partial charge in [0.15, 0.2) is 0 Å². The molecule has 20 heavy (non-hydrogen) atoms. The SMILES string of the molecule is COCCCOC(CNC(C)(C)C)c1ccc(Br)cc1. The highest BCUT2D eigenvalue weighted by atomic mass is 79.9. The number of halogens is 1. The lowest BCUT2D eigenvalue weighted by atomic mass is 10.1. The molecule has 0 aromatic heterocycles. The van der Waals surface area contributed by atoms with Crippen molar-refractivity contribution in [2.75, 3.05) is 26.9 Å². The van der Waals surface area contributed by atoms with Gasteiger partial charge in [0.05, 0.1) is 6.10 Å². The van der Waals surface area contributed by atoms with Gasteiger partial charge in [-0.3, -0.25) is 0 Å². The lowest BCUT2D eigenvalue weighted by Crippen LogP contribution is -2.39. The molecule has 114 valence electrons. The van der Waals surface area contributed by atoms with E-state index in [1.807, 2.05) is 0 Å². The Hall–Kier alpha value is -0.420. The van der Waals surface area contributed by atoms with Crippen molar-refractivity contribution < 1.29 is 9.47 Å². The largest absolute Gasteiger partial charge is 0.385 e. The molecule has 0 aliphatic rings. The van der Waals surface area contributed by atoms with Crippen LogP contribution in [-0.2, 0) is 9.47 Å². The minimum Gasteiger partial charge on any atom is -0.385 e. The Bertz CT molecular complexity index is 373. The van der Waals surface area contributed by atoms with E-state index in [2.05, 4.69) is 66.3 Å². The number of methoxy groups -OCH3 is 1. The highest BCUT2D eigenvalue weighted by Crippen LogP contribution is 2.20. The van der Waals surface area contributed by atoms with Crippen molar-refractivity contribution in [2.45, 2.75) is 38.8 Å². The molecule has 0 saturated heterocycles. The van der Waals surface area contributed by atoms with Crippen LogP contribution in [0.5, 0.6) is 0 Å². The predicted molar refractivity (Wildman–Crippen MR) is 87.1 cm³/mol. The normalized spacial score (nSPS) is 13.4. The number of rotatable bonds is 8. The first kappa shape index (κ1) is 17.6. The molecule has 0 heterocycles. The summed E-state index contributed by atoms with van der Waals surface area (Å²) in [6, 6.07) is 8.32. The lowest BCUT2D eigenvalue weighted by molar-refractivity contribution is 0.0353. The molecular formula is C16H26BrNO2. The topological polar surface area (TPSA) is 30.5 Å². The minimum atomic E-state index is 0.0687. The third-order valence-electron chi connectivity index (χ3n) is 2.87. The van der Waals surface area contributed by atoms with Crippen LogP contribution in [0, 0.1) is 0 Å². The Morgan fingerprint density at radius 2 is 1.80 bits per heavy atom. The third kappa shape index (κ3) is 7.39. The van der Waals surface area contributed by atoms with Gasteiger partial charge in [0.25, 0.3) is 0 Å². The van der Waals surface area contributed by atoms with Gasteiger partial charge in [-0.15, -0.1) is 0 Å². The lowest BCUT2D eigenvalue weighted by Gasteiger charge is -2.26. The van der Waals surface area contributed by atoms with Crippen molar-refractivity contribution in [1.29, 1.82) is 0 Å². The van der Waals surface area contributed by atoms with Gasteiger partial charge >= 0.3 is 0 Å². The summed E-state index contributed by atoms with van der Waals surface area (Å²) in [7, 11) is 1.72. The fourth-order valence-corrected chi connectivity index (χ4v) is 2.04. The van der Waals surface area contributed by atoms with E-state index >= 15 is 0 Å². The Morgan fingerprint density at radius 3 is 2.35 bits per heavy atom. The second-order valence-electron chi connectivity index (χ2n) is 5.89. The van der Waals surface area contributed by atoms with Crippen LogP contribution in [0.2, 0.25) is 0 Å². The van der Waals surface area contributed by atoms with Crippen LogP contribution < -0.4 is 5.32 Å². The van der Waals surface area contributed by atoms with E-state index in [-0.39, 0.29) is 11.6 Å². The standard InChI is InChI=1S/C16H26BrNO2/c1-16(2,3)18-12-15(20-11-5-10-19-4)13-6-8-14(17)9-7-13/h6-9,15,18H,5,10-12H2,1-4H3. The Labute approximate surface area is 131 Å². The molecule has 4 heteroatoms. The summed E-state index contributed by atoms with van der Waals surface area (Å²) in [6.07, 6.45) is 0.984. The third-order valence-corrected chi connectivity index (χ3v) is 3.40. The average molecular weight is 344 g/mol. The molecule has 0 saturated carbocycles. The van der Waals surface area contributed by atoms with Crippen molar-refractivity contribution in [1.82, 2.24) is 5.32 Å². The monoisotopic (exact) mass is 343 g/mol. The highest BCUT2D eigenvalue weighted by molar-refractivity contribution is 9.10. The molecule has 0 amide bonds.